The van der Waals surface area contributed by atoms with Gasteiger partial charge in [-0.15, -0.1) is 0 Å². The summed E-state index contributed by atoms with van der Waals surface area (Å²) in [6, 6.07) is 0. The molecular weight excluding hydrogens is 168 g/mol. The highest BCUT2D eigenvalue weighted by molar-refractivity contribution is 4.72. The van der Waals surface area contributed by atoms with Crippen LogP contribution in [0, 0.1) is 0 Å². The summed E-state index contributed by atoms with van der Waals surface area (Å²) in [6.07, 6.45) is 4.70. The Labute approximate surface area is 77.6 Å². The van der Waals surface area contributed by atoms with E-state index in [9.17, 15) is 5.11 Å². The van der Waals surface area contributed by atoms with E-state index in [1.807, 2.05) is 0 Å². The topological polar surface area (TPSA) is 77.0 Å². The van der Waals surface area contributed by atoms with E-state index in [1.165, 1.54) is 6.33 Å². The molecule has 5 nitrogen and oxygen atoms in total. The van der Waals surface area contributed by atoms with Gasteiger partial charge in [-0.25, -0.2) is 4.98 Å². The summed E-state index contributed by atoms with van der Waals surface area (Å²) < 4.78 is 1.74. The van der Waals surface area contributed by atoms with Crippen molar-refractivity contribution in [2.75, 3.05) is 6.54 Å². The molecule has 1 atom stereocenters. The molecule has 0 radical (unpaired) electrons. The average molecular weight is 184 g/mol. The van der Waals surface area contributed by atoms with Crippen LogP contribution in [0.1, 0.15) is 19.8 Å². The van der Waals surface area contributed by atoms with Crippen molar-refractivity contribution in [1.82, 2.24) is 14.8 Å². The molecule has 1 aromatic heterocycles. The summed E-state index contributed by atoms with van der Waals surface area (Å²) >= 11 is 0. The minimum atomic E-state index is -0.749. The van der Waals surface area contributed by atoms with Crippen LogP contribution in [0.25, 0.3) is 0 Å². The maximum Gasteiger partial charge on any atom is 0.137 e. The van der Waals surface area contributed by atoms with Crippen LogP contribution in [-0.4, -0.2) is 32.0 Å². The molecule has 3 N–H and O–H groups in total. The van der Waals surface area contributed by atoms with E-state index in [-0.39, 0.29) is 0 Å². The van der Waals surface area contributed by atoms with Gasteiger partial charge in [0, 0.05) is 13.1 Å². The lowest BCUT2D eigenvalue weighted by atomic mass is 10.0. The van der Waals surface area contributed by atoms with Gasteiger partial charge in [-0.3, -0.25) is 4.68 Å². The van der Waals surface area contributed by atoms with Gasteiger partial charge in [0.1, 0.15) is 12.7 Å². The Kier molecular flexibility index (Phi) is 3.39. The van der Waals surface area contributed by atoms with Gasteiger partial charge in [0.25, 0.3) is 0 Å². The third-order valence-corrected chi connectivity index (χ3v) is 2.01. The van der Waals surface area contributed by atoms with Gasteiger partial charge in [0.05, 0.1) is 5.60 Å². The van der Waals surface area contributed by atoms with Crippen molar-refractivity contribution in [1.29, 1.82) is 0 Å². The van der Waals surface area contributed by atoms with Crippen LogP contribution >= 0.6 is 0 Å². The lowest BCUT2D eigenvalue weighted by molar-refractivity contribution is 0.0563. The molecule has 0 bridgehead atoms. The molecule has 1 heterocycles. The van der Waals surface area contributed by atoms with E-state index < -0.39 is 5.60 Å². The lowest BCUT2D eigenvalue weighted by Crippen LogP contribution is -2.34. The molecule has 0 aliphatic carbocycles. The zero-order valence-electron chi connectivity index (χ0n) is 7.85. The lowest BCUT2D eigenvalue weighted by Gasteiger charge is -2.20. The Bertz CT molecular complexity index is 232. The number of aromatic nitrogens is 3. The van der Waals surface area contributed by atoms with Crippen LogP contribution in [0.2, 0.25) is 0 Å². The molecule has 0 amide bonds. The van der Waals surface area contributed by atoms with Crippen molar-refractivity contribution in [3.8, 4) is 0 Å². The molecule has 0 aromatic carbocycles. The molecule has 1 unspecified atom stereocenters. The van der Waals surface area contributed by atoms with Crippen LogP contribution in [-0.2, 0) is 6.54 Å². The number of hydrogen-bond acceptors (Lipinski definition) is 4. The normalized spacial score (nSPS) is 15.6. The molecule has 0 saturated carbocycles. The Hall–Kier alpha value is -0.940. The second-order valence-corrected chi connectivity index (χ2v) is 3.46. The van der Waals surface area contributed by atoms with Crippen molar-refractivity contribution in [3.05, 3.63) is 12.7 Å². The number of nitrogens with two attached hydrogens (primary N) is 1. The van der Waals surface area contributed by atoms with Crippen molar-refractivity contribution in [3.63, 3.8) is 0 Å². The van der Waals surface area contributed by atoms with E-state index in [2.05, 4.69) is 10.1 Å². The summed E-state index contributed by atoms with van der Waals surface area (Å²) in [4.78, 5) is 3.82. The summed E-state index contributed by atoms with van der Waals surface area (Å²) in [5.74, 6) is 0. The predicted octanol–water partition coefficient (Wildman–Crippen LogP) is -0.232. The molecule has 74 valence electrons. The average Bonchev–Trinajstić information content (AvgIpc) is 2.57. The fourth-order valence-corrected chi connectivity index (χ4v) is 1.07. The van der Waals surface area contributed by atoms with Crippen LogP contribution in [0.4, 0.5) is 0 Å². The summed E-state index contributed by atoms with van der Waals surface area (Å²) in [5, 5.41) is 13.5. The molecule has 0 saturated heterocycles. The SMILES string of the molecule is CC(O)(CN)CCCn1cncn1. The molecular formula is C8H16N4O. The van der Waals surface area contributed by atoms with Gasteiger partial charge < -0.3 is 10.8 Å². The molecule has 5 heteroatoms. The fraction of sp³-hybridized carbons (Fsp3) is 0.750. The van der Waals surface area contributed by atoms with Crippen LogP contribution in [0.5, 0.6) is 0 Å². The van der Waals surface area contributed by atoms with E-state index in [0.29, 0.717) is 13.0 Å². The molecule has 1 rings (SSSR count). The highest BCUT2D eigenvalue weighted by Crippen LogP contribution is 2.10. The molecule has 0 spiro atoms. The summed E-state index contributed by atoms with van der Waals surface area (Å²) in [7, 11) is 0. The molecule has 0 aliphatic rings. The predicted molar refractivity (Wildman–Crippen MR) is 48.9 cm³/mol. The first-order chi connectivity index (χ1) is 6.14. The smallest absolute Gasteiger partial charge is 0.137 e. The van der Waals surface area contributed by atoms with Gasteiger partial charge in [0.15, 0.2) is 0 Å². The van der Waals surface area contributed by atoms with Crippen molar-refractivity contribution in [2.45, 2.75) is 31.9 Å². The zero-order valence-corrected chi connectivity index (χ0v) is 7.85. The van der Waals surface area contributed by atoms with E-state index in [4.69, 9.17) is 5.73 Å². The highest BCUT2D eigenvalue weighted by Gasteiger charge is 2.16. The quantitative estimate of drug-likeness (QED) is 0.662. The van der Waals surface area contributed by atoms with Gasteiger partial charge in [-0.05, 0) is 19.8 Å². The third kappa shape index (κ3) is 3.52. The van der Waals surface area contributed by atoms with Gasteiger partial charge in [-0.1, -0.05) is 0 Å². The van der Waals surface area contributed by atoms with Gasteiger partial charge in [-0.2, -0.15) is 5.10 Å². The first-order valence-corrected chi connectivity index (χ1v) is 4.39. The van der Waals surface area contributed by atoms with Gasteiger partial charge in [0.2, 0.25) is 0 Å². The first kappa shape index (κ1) is 10.1. The minimum absolute atomic E-state index is 0.296. The molecule has 0 aliphatic heterocycles. The largest absolute Gasteiger partial charge is 0.389 e. The van der Waals surface area contributed by atoms with Crippen LogP contribution in [0.15, 0.2) is 12.7 Å². The Morgan fingerprint density at radius 1 is 1.62 bits per heavy atom. The number of aryl methyl sites for hydroxylation is 1. The van der Waals surface area contributed by atoms with Crippen molar-refractivity contribution >= 4 is 0 Å². The maximum absolute atomic E-state index is 9.58. The molecule has 13 heavy (non-hydrogen) atoms. The summed E-state index contributed by atoms with van der Waals surface area (Å²) in [6.45, 7) is 2.81. The highest BCUT2D eigenvalue weighted by atomic mass is 16.3. The first-order valence-electron chi connectivity index (χ1n) is 4.39. The number of hydrogen-bond donors (Lipinski definition) is 2. The maximum atomic E-state index is 9.58. The standard InChI is InChI=1S/C8H16N4O/c1-8(13,5-9)3-2-4-12-7-10-6-11-12/h6-7,13H,2-5,9H2,1H3. The number of rotatable bonds is 5. The van der Waals surface area contributed by atoms with Gasteiger partial charge >= 0.3 is 0 Å². The monoisotopic (exact) mass is 184 g/mol. The van der Waals surface area contributed by atoms with E-state index >= 15 is 0 Å². The van der Waals surface area contributed by atoms with Crippen molar-refractivity contribution < 1.29 is 5.11 Å². The number of aliphatic hydroxyl groups is 1. The Morgan fingerprint density at radius 2 is 2.38 bits per heavy atom. The third-order valence-electron chi connectivity index (χ3n) is 2.01. The van der Waals surface area contributed by atoms with E-state index in [0.717, 1.165) is 13.0 Å². The minimum Gasteiger partial charge on any atom is -0.389 e. The summed E-state index contributed by atoms with van der Waals surface area (Å²) in [5.41, 5.74) is 4.63. The Balaban J connectivity index is 2.21. The zero-order chi connectivity index (χ0) is 9.73. The number of nitrogens with zero attached hydrogens (tertiary/aromatic N) is 3. The second kappa shape index (κ2) is 4.34. The van der Waals surface area contributed by atoms with E-state index in [1.54, 1.807) is 17.9 Å². The van der Waals surface area contributed by atoms with Crippen LogP contribution in [0.3, 0.4) is 0 Å². The van der Waals surface area contributed by atoms with Crippen molar-refractivity contribution in [2.24, 2.45) is 5.73 Å². The fourth-order valence-electron chi connectivity index (χ4n) is 1.07. The molecule has 1 aromatic rings. The molecule has 0 fully saturated rings. The Morgan fingerprint density at radius 3 is 2.92 bits per heavy atom. The van der Waals surface area contributed by atoms with Crippen LogP contribution < -0.4 is 5.73 Å². The second-order valence-electron chi connectivity index (χ2n) is 3.46.